The van der Waals surface area contributed by atoms with Crippen LogP contribution in [-0.4, -0.2) is 17.1 Å². The van der Waals surface area contributed by atoms with Crippen molar-refractivity contribution in [3.05, 3.63) is 76.5 Å². The SMILES string of the molecule is CSc1ccc2nc(N(Cc3ccco3)C(=O)c3sc4ccccc4c3Cl)sc2c1. The van der Waals surface area contributed by atoms with Crippen molar-refractivity contribution in [2.24, 2.45) is 0 Å². The number of furan rings is 1. The van der Waals surface area contributed by atoms with E-state index in [9.17, 15) is 4.79 Å². The molecule has 0 bridgehead atoms. The van der Waals surface area contributed by atoms with Gasteiger partial charge in [-0.05, 0) is 42.7 Å². The van der Waals surface area contributed by atoms with E-state index in [0.717, 1.165) is 25.2 Å². The van der Waals surface area contributed by atoms with Crippen molar-refractivity contribution in [3.63, 3.8) is 0 Å². The number of thiophene rings is 1. The highest BCUT2D eigenvalue weighted by atomic mass is 35.5. The van der Waals surface area contributed by atoms with Gasteiger partial charge in [-0.25, -0.2) is 4.98 Å². The van der Waals surface area contributed by atoms with Crippen LogP contribution in [0.4, 0.5) is 5.13 Å². The summed E-state index contributed by atoms with van der Waals surface area (Å²) in [6.45, 7) is 0.283. The smallest absolute Gasteiger partial charge is 0.272 e. The Morgan fingerprint density at radius 3 is 2.77 bits per heavy atom. The standard InChI is InChI=1S/C22H15ClN2O2S3/c1-28-14-8-9-16-18(11-14)30-22(24-16)25(12-13-5-4-10-27-13)21(26)20-19(23)15-6-2-3-7-17(15)29-20/h2-11H,12H2,1H3. The Kier molecular flexibility index (Phi) is 5.28. The Morgan fingerprint density at radius 1 is 1.13 bits per heavy atom. The molecule has 0 atom stereocenters. The van der Waals surface area contributed by atoms with Gasteiger partial charge in [0.2, 0.25) is 0 Å². The maximum absolute atomic E-state index is 13.6. The number of fused-ring (bicyclic) bond motifs is 2. The van der Waals surface area contributed by atoms with Crippen molar-refractivity contribution in [1.82, 2.24) is 4.98 Å². The number of benzene rings is 2. The molecule has 30 heavy (non-hydrogen) atoms. The lowest BCUT2D eigenvalue weighted by Gasteiger charge is -2.18. The van der Waals surface area contributed by atoms with Crippen LogP contribution in [0.2, 0.25) is 5.02 Å². The Bertz CT molecular complexity index is 1360. The van der Waals surface area contributed by atoms with E-state index in [2.05, 4.69) is 6.07 Å². The molecule has 4 nitrogen and oxygen atoms in total. The molecule has 1 amide bonds. The average Bonchev–Trinajstić information content (AvgIpc) is 3.50. The molecule has 150 valence electrons. The fraction of sp³-hybridized carbons (Fsp3) is 0.0909. The topological polar surface area (TPSA) is 46.3 Å². The number of nitrogens with zero attached hydrogens (tertiary/aromatic N) is 2. The van der Waals surface area contributed by atoms with Gasteiger partial charge >= 0.3 is 0 Å². The highest BCUT2D eigenvalue weighted by molar-refractivity contribution is 7.98. The van der Waals surface area contributed by atoms with Gasteiger partial charge in [0.1, 0.15) is 10.6 Å². The van der Waals surface area contributed by atoms with Gasteiger partial charge in [0.15, 0.2) is 5.13 Å². The molecule has 3 heterocycles. The summed E-state index contributed by atoms with van der Waals surface area (Å²) in [5, 5.41) is 1.99. The minimum Gasteiger partial charge on any atom is -0.467 e. The monoisotopic (exact) mass is 470 g/mol. The van der Waals surface area contributed by atoms with Crippen LogP contribution < -0.4 is 4.90 Å². The fourth-order valence-corrected chi connectivity index (χ4v) is 6.17. The second kappa shape index (κ2) is 8.07. The third-order valence-corrected chi connectivity index (χ3v) is 8.11. The zero-order valence-corrected chi connectivity index (χ0v) is 19.0. The van der Waals surface area contributed by atoms with Crippen LogP contribution in [0.3, 0.4) is 0 Å². The maximum atomic E-state index is 13.6. The van der Waals surface area contributed by atoms with Crippen LogP contribution in [0.1, 0.15) is 15.4 Å². The molecule has 0 saturated carbocycles. The van der Waals surface area contributed by atoms with E-state index in [1.54, 1.807) is 22.9 Å². The number of anilines is 1. The van der Waals surface area contributed by atoms with Gasteiger partial charge in [-0.3, -0.25) is 9.69 Å². The number of thioether (sulfide) groups is 1. The minimum atomic E-state index is -0.179. The van der Waals surface area contributed by atoms with E-state index >= 15 is 0 Å². The van der Waals surface area contributed by atoms with Crippen molar-refractivity contribution < 1.29 is 9.21 Å². The second-order valence-corrected chi connectivity index (χ2v) is 9.86. The number of hydrogen-bond donors (Lipinski definition) is 0. The van der Waals surface area contributed by atoms with Crippen molar-refractivity contribution in [2.45, 2.75) is 11.4 Å². The third-order valence-electron chi connectivity index (χ3n) is 4.68. The van der Waals surface area contributed by atoms with Gasteiger partial charge in [0.05, 0.1) is 28.0 Å². The number of hydrogen-bond acceptors (Lipinski definition) is 6. The molecule has 0 unspecified atom stereocenters. The average molecular weight is 471 g/mol. The summed E-state index contributed by atoms with van der Waals surface area (Å²) in [7, 11) is 0. The molecule has 5 aromatic rings. The van der Waals surface area contributed by atoms with Gasteiger partial charge in [0.25, 0.3) is 5.91 Å². The summed E-state index contributed by atoms with van der Waals surface area (Å²) in [5.41, 5.74) is 0.868. The summed E-state index contributed by atoms with van der Waals surface area (Å²) in [5.74, 6) is 0.506. The van der Waals surface area contributed by atoms with Crippen molar-refractivity contribution in [3.8, 4) is 0 Å². The summed E-state index contributed by atoms with van der Waals surface area (Å²) >= 11 is 11.2. The van der Waals surface area contributed by atoms with Gasteiger partial charge in [0, 0.05) is 15.0 Å². The van der Waals surface area contributed by atoms with Crippen LogP contribution in [-0.2, 0) is 6.54 Å². The maximum Gasteiger partial charge on any atom is 0.272 e. The van der Waals surface area contributed by atoms with E-state index in [4.69, 9.17) is 21.0 Å². The summed E-state index contributed by atoms with van der Waals surface area (Å²) in [6.07, 6.45) is 3.65. The van der Waals surface area contributed by atoms with E-state index in [1.807, 2.05) is 54.8 Å². The second-order valence-electron chi connectivity index (χ2n) is 6.54. The van der Waals surface area contributed by atoms with Crippen LogP contribution in [0.5, 0.6) is 0 Å². The first-order valence-corrected chi connectivity index (χ1v) is 12.3. The first kappa shape index (κ1) is 19.6. The van der Waals surface area contributed by atoms with Crippen molar-refractivity contribution >= 4 is 77.4 Å². The lowest BCUT2D eigenvalue weighted by atomic mass is 10.2. The molecule has 8 heteroatoms. The third kappa shape index (κ3) is 3.52. The Balaban J connectivity index is 1.61. The summed E-state index contributed by atoms with van der Waals surface area (Å²) in [6, 6.07) is 17.6. The van der Waals surface area contributed by atoms with E-state index in [0.29, 0.717) is 20.8 Å². The molecule has 0 saturated heterocycles. The fourth-order valence-electron chi connectivity index (χ4n) is 3.19. The van der Waals surface area contributed by atoms with Crippen LogP contribution >= 0.6 is 46.0 Å². The molecular formula is C22H15ClN2O2S3. The largest absolute Gasteiger partial charge is 0.467 e. The van der Waals surface area contributed by atoms with Crippen LogP contribution in [0, 0.1) is 0 Å². The molecule has 3 aromatic heterocycles. The highest BCUT2D eigenvalue weighted by Gasteiger charge is 2.27. The minimum absolute atomic E-state index is 0.179. The molecule has 0 radical (unpaired) electrons. The number of thiazole rings is 1. The normalized spacial score (nSPS) is 11.4. The van der Waals surface area contributed by atoms with Gasteiger partial charge in [-0.2, -0.15) is 0 Å². The van der Waals surface area contributed by atoms with Gasteiger partial charge < -0.3 is 4.42 Å². The van der Waals surface area contributed by atoms with Crippen LogP contribution in [0.25, 0.3) is 20.3 Å². The Morgan fingerprint density at radius 2 is 2.00 bits per heavy atom. The van der Waals surface area contributed by atoms with E-state index in [1.165, 1.54) is 22.7 Å². The van der Waals surface area contributed by atoms with Gasteiger partial charge in [-0.1, -0.05) is 41.1 Å². The predicted octanol–water partition coefficient (Wildman–Crippen LogP) is 7.33. The Labute approximate surface area is 190 Å². The molecule has 0 aliphatic heterocycles. The number of amides is 1. The summed E-state index contributed by atoms with van der Waals surface area (Å²) < 4.78 is 7.54. The predicted molar refractivity (Wildman–Crippen MR) is 127 cm³/mol. The zero-order chi connectivity index (χ0) is 20.7. The number of rotatable bonds is 5. The summed E-state index contributed by atoms with van der Waals surface area (Å²) in [4.78, 5) is 21.7. The Hall–Kier alpha value is -2.32. The number of carbonyl (C=O) groups is 1. The zero-order valence-electron chi connectivity index (χ0n) is 15.8. The highest BCUT2D eigenvalue weighted by Crippen LogP contribution is 2.38. The van der Waals surface area contributed by atoms with E-state index < -0.39 is 0 Å². The molecule has 0 spiro atoms. The lowest BCUT2D eigenvalue weighted by molar-refractivity contribution is 0.0987. The van der Waals surface area contributed by atoms with Crippen molar-refractivity contribution in [1.29, 1.82) is 0 Å². The first-order valence-electron chi connectivity index (χ1n) is 9.10. The first-order chi connectivity index (χ1) is 14.6. The number of aromatic nitrogens is 1. The number of carbonyl (C=O) groups excluding carboxylic acids is 1. The molecule has 5 rings (SSSR count). The molecule has 0 aliphatic carbocycles. The van der Waals surface area contributed by atoms with E-state index in [-0.39, 0.29) is 12.5 Å². The van der Waals surface area contributed by atoms with Crippen LogP contribution in [0.15, 0.2) is 70.2 Å². The lowest BCUT2D eigenvalue weighted by Crippen LogP contribution is -2.29. The van der Waals surface area contributed by atoms with Gasteiger partial charge in [-0.15, -0.1) is 23.1 Å². The number of halogens is 1. The molecular weight excluding hydrogens is 456 g/mol. The molecule has 0 aliphatic rings. The van der Waals surface area contributed by atoms with Crippen molar-refractivity contribution in [2.75, 3.05) is 11.2 Å². The molecule has 0 fully saturated rings. The molecule has 2 aromatic carbocycles. The molecule has 0 N–H and O–H groups in total. The quantitative estimate of drug-likeness (QED) is 0.252.